The molecule has 3 rings (SSSR count). The Bertz CT molecular complexity index is 2440. The molecular formula is C55H95ClN18O6S3. The number of aryl methyl sites for hydroxylation is 2. The van der Waals surface area contributed by atoms with Crippen LogP contribution >= 0.6 is 52.1 Å². The fraction of sp³-hybridized carbons (Fsp3) is 0.564. The van der Waals surface area contributed by atoms with Crippen molar-refractivity contribution in [2.45, 2.75) is 160 Å². The number of hydrogen-bond donors (Lipinski definition) is 14. The maximum atomic E-state index is 13.8. The normalized spacial score (nSPS) is 12.3. The van der Waals surface area contributed by atoms with E-state index < -0.39 is 41.6 Å². The van der Waals surface area contributed by atoms with Crippen molar-refractivity contribution in [2.24, 2.45) is 33.7 Å². The van der Waals surface area contributed by atoms with Crippen LogP contribution in [0.5, 0.6) is 0 Å². The van der Waals surface area contributed by atoms with E-state index in [1.807, 2.05) is 48.5 Å². The Balaban J connectivity index is 0.0000224. The van der Waals surface area contributed by atoms with Crippen molar-refractivity contribution in [2.75, 3.05) is 56.1 Å². The van der Waals surface area contributed by atoms with Crippen molar-refractivity contribution in [3.05, 3.63) is 76.1 Å². The molecule has 24 nitrogen and oxygen atoms in total. The summed E-state index contributed by atoms with van der Waals surface area (Å²) in [5.74, 6) is -1.57. The van der Waals surface area contributed by atoms with Gasteiger partial charge in [-0.3, -0.25) is 40.3 Å². The summed E-state index contributed by atoms with van der Waals surface area (Å²) in [6.45, 7) is 8.75. The predicted octanol–water partition coefficient (Wildman–Crippen LogP) is 4.45. The first kappa shape index (κ1) is 76.9. The first-order chi connectivity index (χ1) is 38.0. The van der Waals surface area contributed by atoms with Gasteiger partial charge in [-0.05, 0) is 140 Å². The van der Waals surface area contributed by atoms with Gasteiger partial charge in [0.05, 0.1) is 23.8 Å². The number of nitrogens with zero attached hydrogens (tertiary/aromatic N) is 4. The molecule has 0 saturated carbocycles. The van der Waals surface area contributed by atoms with Crippen LogP contribution in [0, 0.1) is 10.8 Å². The van der Waals surface area contributed by atoms with Gasteiger partial charge < -0.3 is 71.0 Å². The maximum absolute atomic E-state index is 13.8. The lowest BCUT2D eigenvalue weighted by Gasteiger charge is -2.23. The van der Waals surface area contributed by atoms with Gasteiger partial charge in [0, 0.05) is 44.6 Å². The van der Waals surface area contributed by atoms with Crippen LogP contribution in [-0.2, 0) is 38.4 Å². The number of benzene rings is 2. The zero-order valence-electron chi connectivity index (χ0n) is 48.5. The number of carbonyl (C=O) groups excluding carboxylic acids is 5. The molecule has 0 aliphatic heterocycles. The van der Waals surface area contributed by atoms with Crippen LogP contribution < -0.4 is 66.7 Å². The number of nitrogen functional groups attached to an aromatic ring is 2. The highest BCUT2D eigenvalue weighted by atomic mass is 35.5. The molecule has 28 heteroatoms. The number of unbranched alkanes of at least 4 members (excludes halogenated alkanes) is 5. The summed E-state index contributed by atoms with van der Waals surface area (Å²) in [5, 5.41) is 28.6. The van der Waals surface area contributed by atoms with Crippen molar-refractivity contribution < 1.29 is 28.7 Å². The lowest BCUT2D eigenvalue weighted by molar-refractivity contribution is -0.123. The molecule has 5 amide bonds. The number of nitrogens with one attached hydrogen (secondary N) is 7. The average Bonchev–Trinajstić information content (AvgIpc) is 3.39. The van der Waals surface area contributed by atoms with Crippen LogP contribution in [0.15, 0.2) is 53.5 Å². The van der Waals surface area contributed by atoms with Gasteiger partial charge >= 0.3 is 6.09 Å². The average molecular weight is 1240 g/mol. The molecule has 0 aliphatic carbocycles. The number of rotatable bonds is 37. The van der Waals surface area contributed by atoms with Gasteiger partial charge in [-0.2, -0.15) is 40.5 Å². The SMILES string of the molecule is CC(C)(C)OC(=O)N[C@@H](Cc1ccc(CCCCN=C(N)NC(=O)c2nc(Cl)c(N)nc2N)cc1)C(=O)Nc1ccc(CCCN(CCCNC(=O)[C@@H](N)CCCCCC(=N)N)CCCNC(=O)[C@@H](N)CCCCCC(=N)N)cc1.S.S.S. The molecular weight excluding hydrogens is 1140 g/mol. The van der Waals surface area contributed by atoms with Crippen molar-refractivity contribution in [1.82, 2.24) is 36.1 Å². The quantitative estimate of drug-likeness (QED) is 0.0215. The molecule has 3 aromatic rings. The lowest BCUT2D eigenvalue weighted by Crippen LogP contribution is -2.47. The van der Waals surface area contributed by atoms with Crippen LogP contribution in [0.3, 0.4) is 0 Å². The topological polar surface area (TPSA) is 426 Å². The molecule has 3 atom stereocenters. The number of alkyl carbamates (subject to hydrolysis) is 1. The third-order valence-electron chi connectivity index (χ3n) is 12.6. The van der Waals surface area contributed by atoms with E-state index in [2.05, 4.69) is 46.4 Å². The van der Waals surface area contributed by atoms with E-state index in [-0.39, 0.29) is 98.8 Å². The Morgan fingerprint density at radius 3 is 1.66 bits per heavy atom. The molecule has 0 radical (unpaired) electrons. The lowest BCUT2D eigenvalue weighted by atomic mass is 10.0. The van der Waals surface area contributed by atoms with E-state index in [1.54, 1.807) is 20.8 Å². The van der Waals surface area contributed by atoms with Gasteiger partial charge in [0.2, 0.25) is 17.7 Å². The minimum absolute atomic E-state index is 0. The molecule has 0 bridgehead atoms. The number of halogens is 1. The van der Waals surface area contributed by atoms with Crippen molar-refractivity contribution >= 4 is 117 Å². The molecule has 1 aromatic heterocycles. The number of anilines is 3. The Hall–Kier alpha value is -6.10. The van der Waals surface area contributed by atoms with Crippen LogP contribution in [0.4, 0.5) is 22.1 Å². The number of guanidine groups is 1. The Morgan fingerprint density at radius 1 is 0.651 bits per heavy atom. The highest BCUT2D eigenvalue weighted by molar-refractivity contribution is 7.59. The molecule has 0 fully saturated rings. The van der Waals surface area contributed by atoms with Gasteiger partial charge in [0.1, 0.15) is 11.6 Å². The number of ether oxygens (including phenoxy) is 1. The molecule has 0 saturated heterocycles. The third-order valence-corrected chi connectivity index (χ3v) is 12.9. The van der Waals surface area contributed by atoms with E-state index in [1.165, 1.54) is 0 Å². The summed E-state index contributed by atoms with van der Waals surface area (Å²) in [4.78, 5) is 78.9. The molecule has 0 spiro atoms. The van der Waals surface area contributed by atoms with E-state index in [0.717, 1.165) is 101 Å². The highest BCUT2D eigenvalue weighted by Crippen LogP contribution is 2.19. The zero-order valence-corrected chi connectivity index (χ0v) is 52.2. The fourth-order valence-corrected chi connectivity index (χ4v) is 8.42. The second-order valence-electron chi connectivity index (χ2n) is 20.9. The van der Waals surface area contributed by atoms with Gasteiger partial charge in [0.25, 0.3) is 5.91 Å². The first-order valence-electron chi connectivity index (χ1n) is 27.6. The summed E-state index contributed by atoms with van der Waals surface area (Å²) in [7, 11) is 0. The number of amides is 5. The largest absolute Gasteiger partial charge is 0.444 e. The van der Waals surface area contributed by atoms with E-state index in [9.17, 15) is 24.0 Å². The minimum atomic E-state index is -0.954. The number of hydrogen-bond acceptors (Lipinski definition) is 16. The Kier molecular flexibility index (Phi) is 38.7. The molecule has 2 aromatic carbocycles. The number of aliphatic imine (C=N–C) groups is 1. The minimum Gasteiger partial charge on any atom is -0.444 e. The Labute approximate surface area is 515 Å². The molecule has 0 aliphatic rings. The van der Waals surface area contributed by atoms with Gasteiger partial charge in [0.15, 0.2) is 28.4 Å². The summed E-state index contributed by atoms with van der Waals surface area (Å²) in [6.07, 6.45) is 11.8. The van der Waals surface area contributed by atoms with Crippen LogP contribution in [0.2, 0.25) is 5.15 Å². The predicted molar refractivity (Wildman–Crippen MR) is 348 cm³/mol. The fourth-order valence-electron chi connectivity index (χ4n) is 8.29. The van der Waals surface area contributed by atoms with Crippen molar-refractivity contribution in [3.8, 4) is 0 Å². The summed E-state index contributed by atoms with van der Waals surface area (Å²) in [5.41, 5.74) is 42.9. The molecule has 1 heterocycles. The molecule has 21 N–H and O–H groups in total. The van der Waals surface area contributed by atoms with Gasteiger partial charge in [-0.1, -0.05) is 73.7 Å². The van der Waals surface area contributed by atoms with Crippen molar-refractivity contribution in [1.29, 1.82) is 10.8 Å². The summed E-state index contributed by atoms with van der Waals surface area (Å²) in [6, 6.07) is 13.2. The first-order valence-corrected chi connectivity index (χ1v) is 28.0. The molecule has 83 heavy (non-hydrogen) atoms. The number of nitrogens with two attached hydrogens (primary N) is 7. The molecule has 0 unspecified atom stereocenters. The highest BCUT2D eigenvalue weighted by Gasteiger charge is 2.26. The Morgan fingerprint density at radius 2 is 1.14 bits per heavy atom. The second kappa shape index (κ2) is 41.8. The van der Waals surface area contributed by atoms with E-state index in [4.69, 9.17) is 67.3 Å². The molecule has 466 valence electrons. The van der Waals surface area contributed by atoms with Crippen LogP contribution in [0.25, 0.3) is 0 Å². The number of aromatic nitrogens is 2. The van der Waals surface area contributed by atoms with Gasteiger partial charge in [-0.15, -0.1) is 0 Å². The number of amidine groups is 2. The van der Waals surface area contributed by atoms with E-state index in [0.29, 0.717) is 70.3 Å². The van der Waals surface area contributed by atoms with Gasteiger partial charge in [-0.25, -0.2) is 14.8 Å². The third kappa shape index (κ3) is 33.7. The smallest absolute Gasteiger partial charge is 0.408 e. The zero-order chi connectivity index (χ0) is 59.0. The number of carbonyl (C=O) groups is 5. The van der Waals surface area contributed by atoms with E-state index >= 15 is 0 Å². The van der Waals surface area contributed by atoms with Crippen molar-refractivity contribution in [3.63, 3.8) is 0 Å². The van der Waals surface area contributed by atoms with Crippen LogP contribution in [-0.4, -0.2) is 125 Å². The standard InChI is InChI=1S/C55H89ClN18O6.3H2S/c1-55(2,3)80-54(79)70-42(35-38-23-21-36(22-24-38)15-10-11-29-68-53(65)73-52(78)45-47(63)72-48(64)46(56)71-45)51(77)69-39-27-25-37(26-28-39)16-12-32-74(33-13-30-66-49(75)40(57)17-6-4-8-19-43(59)60)34-14-31-67-50(76)41(58)18-7-5-9-20-44(61)62;;;/h21-28,40-42H,4-20,29-35,57-58H2,1-3H3,(H3,59,60)(H3,61,62)(H,66,75)(H,67,76)(H,69,77)(H,70,79)(H4,63,64,72)(H3,65,68,73,78);3*1H2/t40-,41-,42-;;;/m0.../s1. The summed E-state index contributed by atoms with van der Waals surface area (Å²) >= 11 is 5.87. The monoisotopic (exact) mass is 1230 g/mol. The summed E-state index contributed by atoms with van der Waals surface area (Å²) < 4.78 is 5.52. The van der Waals surface area contributed by atoms with Crippen LogP contribution in [0.1, 0.15) is 144 Å². The maximum Gasteiger partial charge on any atom is 0.408 e. The second-order valence-corrected chi connectivity index (χ2v) is 21.3.